The van der Waals surface area contributed by atoms with E-state index in [0.29, 0.717) is 19.8 Å². The first kappa shape index (κ1) is 20.9. The maximum atomic E-state index is 12.1. The number of rotatable bonds is 5. The van der Waals surface area contributed by atoms with Crippen molar-refractivity contribution in [2.75, 3.05) is 33.9 Å². The lowest BCUT2D eigenvalue weighted by atomic mass is 10.1. The van der Waals surface area contributed by atoms with E-state index in [2.05, 4.69) is 10.6 Å². The van der Waals surface area contributed by atoms with E-state index in [1.54, 1.807) is 24.3 Å². The van der Waals surface area contributed by atoms with Crippen LogP contribution >= 0.6 is 12.4 Å². The van der Waals surface area contributed by atoms with Crippen LogP contribution in [0.15, 0.2) is 29.2 Å². The molecule has 7 nitrogen and oxygen atoms in total. The first-order valence-electron chi connectivity index (χ1n) is 7.46. The fourth-order valence-electron chi connectivity index (χ4n) is 2.27. The van der Waals surface area contributed by atoms with Crippen LogP contribution in [0.4, 0.5) is 0 Å². The first-order chi connectivity index (χ1) is 10.8. The molecule has 0 saturated carbocycles. The number of halogens is 1. The highest BCUT2D eigenvalue weighted by atomic mass is 35.5. The molecule has 1 saturated heterocycles. The minimum absolute atomic E-state index is 0. The van der Waals surface area contributed by atoms with Gasteiger partial charge in [0.25, 0.3) is 0 Å². The Balaban J connectivity index is 0.00000288. The summed E-state index contributed by atoms with van der Waals surface area (Å²) in [5.41, 5.74) is 0.841. The monoisotopic (exact) mass is 377 g/mol. The summed E-state index contributed by atoms with van der Waals surface area (Å²) in [6.45, 7) is 3.49. The van der Waals surface area contributed by atoms with Crippen LogP contribution in [0.3, 0.4) is 0 Å². The Morgan fingerprint density at radius 2 is 1.96 bits per heavy atom. The van der Waals surface area contributed by atoms with E-state index >= 15 is 0 Å². The van der Waals surface area contributed by atoms with Crippen LogP contribution in [-0.2, 0) is 19.6 Å². The molecule has 0 aliphatic carbocycles. The number of morpholine rings is 1. The Bertz CT molecular complexity index is 643. The standard InChI is InChI=1S/C15H23N3O4S.ClH/c1-11(17-15(19)14-10-22-9-8-16-14)12-4-6-13(7-5-12)23(20,21)18(2)3;/h4-7,11,14,16H,8-10H2,1-3H3,(H,17,19);1H. The zero-order valence-corrected chi connectivity index (χ0v) is 15.6. The summed E-state index contributed by atoms with van der Waals surface area (Å²) in [6, 6.07) is 5.96. The van der Waals surface area contributed by atoms with Gasteiger partial charge >= 0.3 is 0 Å². The minimum atomic E-state index is -3.44. The van der Waals surface area contributed by atoms with Crippen molar-refractivity contribution >= 4 is 28.3 Å². The average Bonchev–Trinajstić information content (AvgIpc) is 2.55. The van der Waals surface area contributed by atoms with Crippen LogP contribution in [0.1, 0.15) is 18.5 Å². The third kappa shape index (κ3) is 4.90. The number of hydrogen-bond acceptors (Lipinski definition) is 5. The number of carbonyl (C=O) groups is 1. The molecule has 2 N–H and O–H groups in total. The van der Waals surface area contributed by atoms with E-state index in [-0.39, 0.29) is 35.3 Å². The van der Waals surface area contributed by atoms with E-state index in [4.69, 9.17) is 4.74 Å². The fraction of sp³-hybridized carbons (Fsp3) is 0.533. The van der Waals surface area contributed by atoms with Crippen molar-refractivity contribution in [1.82, 2.24) is 14.9 Å². The summed E-state index contributed by atoms with van der Waals surface area (Å²) in [6.07, 6.45) is 0. The van der Waals surface area contributed by atoms with E-state index in [0.717, 1.165) is 5.56 Å². The summed E-state index contributed by atoms with van der Waals surface area (Å²) in [7, 11) is -0.457. The maximum Gasteiger partial charge on any atom is 0.242 e. The number of nitrogens with one attached hydrogen (secondary N) is 2. The molecule has 0 bridgehead atoms. The number of benzene rings is 1. The largest absolute Gasteiger partial charge is 0.378 e. The molecule has 1 fully saturated rings. The number of ether oxygens (including phenoxy) is 1. The highest BCUT2D eigenvalue weighted by Crippen LogP contribution is 2.18. The minimum Gasteiger partial charge on any atom is -0.378 e. The van der Waals surface area contributed by atoms with Crippen LogP contribution in [0, 0.1) is 0 Å². The molecular formula is C15H24ClN3O4S. The SMILES string of the molecule is CC(NC(=O)C1COCCN1)c1ccc(S(=O)(=O)N(C)C)cc1.Cl. The molecule has 9 heteroatoms. The van der Waals surface area contributed by atoms with Gasteiger partial charge in [-0.1, -0.05) is 12.1 Å². The maximum absolute atomic E-state index is 12.1. The Morgan fingerprint density at radius 3 is 2.46 bits per heavy atom. The van der Waals surface area contributed by atoms with Gasteiger partial charge in [-0.2, -0.15) is 0 Å². The van der Waals surface area contributed by atoms with Crippen LogP contribution in [0.25, 0.3) is 0 Å². The van der Waals surface area contributed by atoms with Gasteiger partial charge in [-0.3, -0.25) is 4.79 Å². The Morgan fingerprint density at radius 1 is 1.33 bits per heavy atom. The lowest BCUT2D eigenvalue weighted by Gasteiger charge is -2.25. The lowest BCUT2D eigenvalue weighted by molar-refractivity contribution is -0.126. The summed E-state index contributed by atoms with van der Waals surface area (Å²) in [5, 5.41) is 6.00. The number of sulfonamides is 1. The molecule has 24 heavy (non-hydrogen) atoms. The Hall–Kier alpha value is -1.19. The molecule has 0 aromatic heterocycles. The van der Waals surface area contributed by atoms with Crippen molar-refractivity contribution in [2.24, 2.45) is 0 Å². The molecule has 1 aromatic rings. The molecule has 2 unspecified atom stereocenters. The second-order valence-corrected chi connectivity index (χ2v) is 7.82. The lowest BCUT2D eigenvalue weighted by Crippen LogP contribution is -2.51. The van der Waals surface area contributed by atoms with Gasteiger partial charge in [0.1, 0.15) is 6.04 Å². The highest BCUT2D eigenvalue weighted by Gasteiger charge is 2.23. The normalized spacial score (nSPS) is 19.4. The van der Waals surface area contributed by atoms with Gasteiger partial charge < -0.3 is 15.4 Å². The third-order valence-corrected chi connectivity index (χ3v) is 5.58. The number of carbonyl (C=O) groups excluding carboxylic acids is 1. The van der Waals surface area contributed by atoms with E-state index in [1.165, 1.54) is 18.4 Å². The highest BCUT2D eigenvalue weighted by molar-refractivity contribution is 7.89. The molecule has 0 spiro atoms. The van der Waals surface area contributed by atoms with Crippen LogP contribution in [0.5, 0.6) is 0 Å². The van der Waals surface area contributed by atoms with Crippen LogP contribution in [-0.4, -0.2) is 58.5 Å². The molecule has 1 aliphatic heterocycles. The van der Waals surface area contributed by atoms with Crippen LogP contribution in [0.2, 0.25) is 0 Å². The summed E-state index contributed by atoms with van der Waals surface area (Å²) in [5.74, 6) is -0.123. The molecule has 2 atom stereocenters. The van der Waals surface area contributed by atoms with Gasteiger partial charge in [0, 0.05) is 20.6 Å². The number of amides is 1. The number of hydrogen-bond donors (Lipinski definition) is 2. The molecule has 1 aromatic carbocycles. The van der Waals surface area contributed by atoms with Gasteiger partial charge in [-0.25, -0.2) is 12.7 Å². The molecule has 1 heterocycles. The summed E-state index contributed by atoms with van der Waals surface area (Å²) < 4.78 is 30.5. The quantitative estimate of drug-likeness (QED) is 0.781. The van der Waals surface area contributed by atoms with Gasteiger partial charge in [-0.05, 0) is 24.6 Å². The van der Waals surface area contributed by atoms with Gasteiger partial charge in [0.05, 0.1) is 24.2 Å². The van der Waals surface area contributed by atoms with Crippen molar-refractivity contribution in [3.8, 4) is 0 Å². The van der Waals surface area contributed by atoms with Crippen molar-refractivity contribution < 1.29 is 17.9 Å². The van der Waals surface area contributed by atoms with Crippen molar-refractivity contribution in [1.29, 1.82) is 0 Å². The zero-order chi connectivity index (χ0) is 17.0. The van der Waals surface area contributed by atoms with Crippen molar-refractivity contribution in [2.45, 2.75) is 23.9 Å². The number of nitrogens with zero attached hydrogens (tertiary/aromatic N) is 1. The summed E-state index contributed by atoms with van der Waals surface area (Å²) in [4.78, 5) is 12.4. The van der Waals surface area contributed by atoms with Crippen molar-refractivity contribution in [3.05, 3.63) is 29.8 Å². The second kappa shape index (κ2) is 8.77. The Labute approximate surface area is 149 Å². The predicted octanol–water partition coefficient (Wildman–Crippen LogP) is 0.524. The third-order valence-electron chi connectivity index (χ3n) is 3.76. The van der Waals surface area contributed by atoms with Crippen LogP contribution < -0.4 is 10.6 Å². The van der Waals surface area contributed by atoms with E-state index in [1.807, 2.05) is 6.92 Å². The van der Waals surface area contributed by atoms with Gasteiger partial charge in [0.15, 0.2) is 0 Å². The zero-order valence-electron chi connectivity index (χ0n) is 14.0. The van der Waals surface area contributed by atoms with E-state index in [9.17, 15) is 13.2 Å². The second-order valence-electron chi connectivity index (χ2n) is 5.67. The molecule has 1 amide bonds. The summed E-state index contributed by atoms with van der Waals surface area (Å²) >= 11 is 0. The molecule has 136 valence electrons. The molecule has 2 rings (SSSR count). The topological polar surface area (TPSA) is 87.7 Å². The molecule has 1 aliphatic rings. The molecule has 0 radical (unpaired) electrons. The smallest absolute Gasteiger partial charge is 0.242 e. The molecular weight excluding hydrogens is 354 g/mol. The fourth-order valence-corrected chi connectivity index (χ4v) is 3.17. The average molecular weight is 378 g/mol. The predicted molar refractivity (Wildman–Crippen MR) is 93.7 cm³/mol. The Kier molecular flexibility index (Phi) is 7.62. The first-order valence-corrected chi connectivity index (χ1v) is 8.90. The van der Waals surface area contributed by atoms with Gasteiger partial charge in [-0.15, -0.1) is 12.4 Å². The van der Waals surface area contributed by atoms with Crippen molar-refractivity contribution in [3.63, 3.8) is 0 Å². The van der Waals surface area contributed by atoms with Gasteiger partial charge in [0.2, 0.25) is 15.9 Å². The van der Waals surface area contributed by atoms with E-state index < -0.39 is 10.0 Å².